The molecule has 2 heteroatoms. The number of rotatable bonds is 2. The van der Waals surface area contributed by atoms with E-state index in [2.05, 4.69) is 82.3 Å². The molecule has 3 aromatic carbocycles. The summed E-state index contributed by atoms with van der Waals surface area (Å²) < 4.78 is 2.42. The molecule has 0 spiro atoms. The van der Waals surface area contributed by atoms with Crippen LogP contribution in [-0.2, 0) is 6.54 Å². The third kappa shape index (κ3) is 1.82. The highest BCUT2D eigenvalue weighted by molar-refractivity contribution is 6.20. The van der Waals surface area contributed by atoms with Crippen LogP contribution in [0.4, 0.5) is 0 Å². The van der Waals surface area contributed by atoms with Crippen molar-refractivity contribution in [2.24, 2.45) is 0 Å². The van der Waals surface area contributed by atoms with Crippen LogP contribution >= 0.6 is 0 Å². The summed E-state index contributed by atoms with van der Waals surface area (Å²) in [5.41, 5.74) is 5.10. The summed E-state index contributed by atoms with van der Waals surface area (Å²) in [5, 5.41) is 3.96. The van der Waals surface area contributed by atoms with Crippen LogP contribution in [0.2, 0.25) is 0 Å². The number of hydrogen-bond donors (Lipinski definition) is 1. The summed E-state index contributed by atoms with van der Waals surface area (Å²) >= 11 is 0. The van der Waals surface area contributed by atoms with Gasteiger partial charge in [-0.15, -0.1) is 0 Å². The van der Waals surface area contributed by atoms with Crippen LogP contribution in [0.3, 0.4) is 0 Å². The van der Waals surface area contributed by atoms with Crippen molar-refractivity contribution in [3.05, 3.63) is 84.6 Å². The minimum absolute atomic E-state index is 0.890. The first-order chi connectivity index (χ1) is 11.4. The standard InChI is InChI=1S/C21H16N2/c1-2-6-15(7-3-1)14-23-19-9-5-4-8-17(19)21-16-12-13-22-18(16)10-11-20(21)23/h1-13,22H,14H2. The van der Waals surface area contributed by atoms with Gasteiger partial charge in [0.15, 0.2) is 0 Å². The van der Waals surface area contributed by atoms with Crippen LogP contribution in [0.25, 0.3) is 32.7 Å². The van der Waals surface area contributed by atoms with Crippen molar-refractivity contribution in [3.63, 3.8) is 0 Å². The number of benzene rings is 3. The SMILES string of the molecule is c1ccc(Cn2c3ccccc3c3c4cc[nH]c4ccc32)cc1. The molecule has 5 rings (SSSR count). The first-order valence-electron chi connectivity index (χ1n) is 7.93. The lowest BCUT2D eigenvalue weighted by Gasteiger charge is -2.07. The Morgan fingerprint density at radius 3 is 2.43 bits per heavy atom. The van der Waals surface area contributed by atoms with Crippen molar-refractivity contribution in [2.45, 2.75) is 6.54 Å². The van der Waals surface area contributed by atoms with Crippen molar-refractivity contribution in [1.29, 1.82) is 0 Å². The first kappa shape index (κ1) is 12.5. The molecule has 0 aliphatic heterocycles. The monoisotopic (exact) mass is 296 g/mol. The highest BCUT2D eigenvalue weighted by Gasteiger charge is 2.13. The van der Waals surface area contributed by atoms with Crippen LogP contribution in [0.1, 0.15) is 5.56 Å². The molecule has 0 fully saturated rings. The molecule has 0 aliphatic rings. The minimum atomic E-state index is 0.890. The normalized spacial score (nSPS) is 11.7. The number of nitrogens with one attached hydrogen (secondary N) is 1. The van der Waals surface area contributed by atoms with Gasteiger partial charge in [-0.2, -0.15) is 0 Å². The lowest BCUT2D eigenvalue weighted by atomic mass is 10.1. The zero-order valence-electron chi connectivity index (χ0n) is 12.7. The molecule has 2 nitrogen and oxygen atoms in total. The fourth-order valence-electron chi connectivity index (χ4n) is 3.62. The molecule has 0 saturated carbocycles. The zero-order chi connectivity index (χ0) is 15.2. The van der Waals surface area contributed by atoms with Gasteiger partial charge in [-0.05, 0) is 29.8 Å². The van der Waals surface area contributed by atoms with Gasteiger partial charge in [0.05, 0.1) is 5.52 Å². The van der Waals surface area contributed by atoms with Crippen LogP contribution in [0.5, 0.6) is 0 Å². The molecule has 0 unspecified atom stereocenters. The van der Waals surface area contributed by atoms with E-state index in [1.165, 1.54) is 38.3 Å². The van der Waals surface area contributed by atoms with Gasteiger partial charge < -0.3 is 9.55 Å². The van der Waals surface area contributed by atoms with E-state index in [9.17, 15) is 0 Å². The van der Waals surface area contributed by atoms with Gasteiger partial charge in [0.1, 0.15) is 0 Å². The third-order valence-corrected chi connectivity index (χ3v) is 4.65. The smallest absolute Gasteiger partial charge is 0.0502 e. The number of aromatic amines is 1. The molecule has 5 aromatic rings. The van der Waals surface area contributed by atoms with Crippen LogP contribution in [0, 0.1) is 0 Å². The van der Waals surface area contributed by atoms with Gasteiger partial charge in [0.25, 0.3) is 0 Å². The largest absolute Gasteiger partial charge is 0.361 e. The Labute approximate surface area is 134 Å². The molecule has 0 saturated heterocycles. The van der Waals surface area contributed by atoms with Crippen molar-refractivity contribution in [1.82, 2.24) is 9.55 Å². The summed E-state index contributed by atoms with van der Waals surface area (Å²) in [7, 11) is 0. The van der Waals surface area contributed by atoms with Crippen LogP contribution in [-0.4, -0.2) is 9.55 Å². The fraction of sp³-hybridized carbons (Fsp3) is 0.0476. The molecule has 1 N–H and O–H groups in total. The highest BCUT2D eigenvalue weighted by atomic mass is 15.0. The molecule has 23 heavy (non-hydrogen) atoms. The number of fused-ring (bicyclic) bond motifs is 5. The van der Waals surface area contributed by atoms with Gasteiger partial charge >= 0.3 is 0 Å². The number of para-hydroxylation sites is 1. The summed E-state index contributed by atoms with van der Waals surface area (Å²) in [6, 6.07) is 25.9. The minimum Gasteiger partial charge on any atom is -0.361 e. The van der Waals surface area contributed by atoms with Crippen LogP contribution in [0.15, 0.2) is 79.0 Å². The maximum absolute atomic E-state index is 3.33. The highest BCUT2D eigenvalue weighted by Crippen LogP contribution is 2.34. The quantitative estimate of drug-likeness (QED) is 0.455. The molecule has 0 atom stereocenters. The van der Waals surface area contributed by atoms with Crippen molar-refractivity contribution < 1.29 is 0 Å². The van der Waals surface area contributed by atoms with E-state index in [-0.39, 0.29) is 0 Å². The summed E-state index contributed by atoms with van der Waals surface area (Å²) in [4.78, 5) is 3.33. The van der Waals surface area contributed by atoms with Crippen molar-refractivity contribution in [2.75, 3.05) is 0 Å². The molecule has 0 aliphatic carbocycles. The predicted molar refractivity (Wildman–Crippen MR) is 96.8 cm³/mol. The van der Waals surface area contributed by atoms with Crippen LogP contribution < -0.4 is 0 Å². The Morgan fingerprint density at radius 2 is 1.52 bits per heavy atom. The Morgan fingerprint density at radius 1 is 0.696 bits per heavy atom. The van der Waals surface area contributed by atoms with E-state index in [1.807, 2.05) is 6.20 Å². The maximum atomic E-state index is 3.33. The molecule has 0 radical (unpaired) electrons. The molecular weight excluding hydrogens is 280 g/mol. The number of H-pyrrole nitrogens is 1. The van der Waals surface area contributed by atoms with E-state index in [4.69, 9.17) is 0 Å². The molecule has 0 bridgehead atoms. The topological polar surface area (TPSA) is 20.7 Å². The number of aromatic nitrogens is 2. The number of nitrogens with zero attached hydrogens (tertiary/aromatic N) is 1. The summed E-state index contributed by atoms with van der Waals surface area (Å²) in [5.74, 6) is 0. The lowest BCUT2D eigenvalue weighted by molar-refractivity contribution is 0.869. The van der Waals surface area contributed by atoms with Crippen molar-refractivity contribution in [3.8, 4) is 0 Å². The van der Waals surface area contributed by atoms with E-state index in [1.54, 1.807) is 0 Å². The van der Waals surface area contributed by atoms with Gasteiger partial charge in [-0.1, -0.05) is 48.5 Å². The van der Waals surface area contributed by atoms with E-state index in [0.717, 1.165) is 6.54 Å². The molecule has 2 aromatic heterocycles. The zero-order valence-corrected chi connectivity index (χ0v) is 12.7. The van der Waals surface area contributed by atoms with E-state index >= 15 is 0 Å². The average molecular weight is 296 g/mol. The maximum Gasteiger partial charge on any atom is 0.0502 e. The predicted octanol–water partition coefficient (Wildman–Crippen LogP) is 5.32. The summed E-state index contributed by atoms with van der Waals surface area (Å²) in [6.45, 7) is 0.890. The summed E-state index contributed by atoms with van der Waals surface area (Å²) in [6.07, 6.45) is 2.02. The second-order valence-corrected chi connectivity index (χ2v) is 5.99. The van der Waals surface area contributed by atoms with Gasteiger partial charge in [-0.3, -0.25) is 0 Å². The molecular formula is C21H16N2. The van der Waals surface area contributed by atoms with Gasteiger partial charge in [0.2, 0.25) is 0 Å². The number of hydrogen-bond acceptors (Lipinski definition) is 0. The Kier molecular flexibility index (Phi) is 2.59. The van der Waals surface area contributed by atoms with E-state index < -0.39 is 0 Å². The van der Waals surface area contributed by atoms with Gasteiger partial charge in [-0.25, -0.2) is 0 Å². The second-order valence-electron chi connectivity index (χ2n) is 5.99. The van der Waals surface area contributed by atoms with E-state index in [0.29, 0.717) is 0 Å². The second kappa shape index (κ2) is 4.75. The Hall–Kier alpha value is -3.00. The molecule has 110 valence electrons. The average Bonchev–Trinajstić information content (AvgIpc) is 3.19. The third-order valence-electron chi connectivity index (χ3n) is 4.65. The van der Waals surface area contributed by atoms with Crippen molar-refractivity contribution >= 4 is 32.7 Å². The Bertz CT molecular complexity index is 1130. The molecule has 0 amide bonds. The Balaban J connectivity index is 1.89. The first-order valence-corrected chi connectivity index (χ1v) is 7.93. The molecule has 2 heterocycles. The van der Waals surface area contributed by atoms with Gasteiger partial charge in [0, 0.05) is 39.9 Å². The lowest BCUT2D eigenvalue weighted by Crippen LogP contribution is -1.98. The fourth-order valence-corrected chi connectivity index (χ4v) is 3.62.